The highest BCUT2D eigenvalue weighted by molar-refractivity contribution is 6.33. The van der Waals surface area contributed by atoms with Gasteiger partial charge in [0, 0.05) is 6.54 Å². The Morgan fingerprint density at radius 2 is 1.84 bits per heavy atom. The number of rotatable bonds is 3. The van der Waals surface area contributed by atoms with Crippen molar-refractivity contribution in [3.05, 3.63) is 28.8 Å². The number of para-hydroxylation sites is 1. The summed E-state index contributed by atoms with van der Waals surface area (Å²) in [6.45, 7) is 0.562. The van der Waals surface area contributed by atoms with Gasteiger partial charge in [0.05, 0.1) is 16.3 Å². The van der Waals surface area contributed by atoms with Gasteiger partial charge < -0.3 is 5.32 Å². The summed E-state index contributed by atoms with van der Waals surface area (Å²) in [6, 6.07) is 3.88. The third-order valence-corrected chi connectivity index (χ3v) is 3.93. The summed E-state index contributed by atoms with van der Waals surface area (Å²) < 4.78 is 38.7. The molecule has 2 rings (SSSR count). The van der Waals surface area contributed by atoms with Gasteiger partial charge in [-0.3, -0.25) is 0 Å². The molecule has 0 amide bonds. The molecule has 106 valence electrons. The fourth-order valence-electron chi connectivity index (χ4n) is 2.58. The maximum absolute atomic E-state index is 12.9. The van der Waals surface area contributed by atoms with E-state index in [1.807, 2.05) is 0 Å². The summed E-state index contributed by atoms with van der Waals surface area (Å²) in [4.78, 5) is 0. The zero-order chi connectivity index (χ0) is 13.9. The standard InChI is InChI=1S/C14H17ClF3N/c15-12-8-4-7-11(14(16,17)18)13(12)19-9-10-5-2-1-3-6-10/h4,7-8,10,19H,1-3,5-6,9H2. The normalized spacial score (nSPS) is 17.5. The molecule has 0 radical (unpaired) electrons. The Morgan fingerprint density at radius 1 is 1.16 bits per heavy atom. The van der Waals surface area contributed by atoms with E-state index in [-0.39, 0.29) is 10.7 Å². The Kier molecular flexibility index (Phi) is 4.61. The lowest BCUT2D eigenvalue weighted by Crippen LogP contribution is -2.19. The monoisotopic (exact) mass is 291 g/mol. The number of hydrogen-bond acceptors (Lipinski definition) is 1. The molecule has 1 aromatic carbocycles. The van der Waals surface area contributed by atoms with E-state index in [1.54, 1.807) is 0 Å². The maximum atomic E-state index is 12.9. The molecule has 0 aliphatic heterocycles. The fourth-order valence-corrected chi connectivity index (χ4v) is 2.82. The minimum absolute atomic E-state index is 0.0160. The molecule has 1 aromatic rings. The van der Waals surface area contributed by atoms with Crippen LogP contribution < -0.4 is 5.32 Å². The number of benzene rings is 1. The van der Waals surface area contributed by atoms with Gasteiger partial charge in [-0.1, -0.05) is 36.9 Å². The topological polar surface area (TPSA) is 12.0 Å². The summed E-state index contributed by atoms with van der Waals surface area (Å²) >= 11 is 5.89. The molecule has 1 aliphatic carbocycles. The molecule has 5 heteroatoms. The number of nitrogens with one attached hydrogen (secondary N) is 1. The van der Waals surface area contributed by atoms with E-state index in [9.17, 15) is 13.2 Å². The summed E-state index contributed by atoms with van der Waals surface area (Å²) in [6.07, 6.45) is 1.36. The van der Waals surface area contributed by atoms with Gasteiger partial charge in [0.25, 0.3) is 0 Å². The smallest absolute Gasteiger partial charge is 0.383 e. The van der Waals surface area contributed by atoms with Crippen molar-refractivity contribution in [1.29, 1.82) is 0 Å². The lowest BCUT2D eigenvalue weighted by molar-refractivity contribution is -0.136. The molecule has 1 saturated carbocycles. The van der Waals surface area contributed by atoms with Crippen molar-refractivity contribution in [3.8, 4) is 0 Å². The van der Waals surface area contributed by atoms with E-state index in [0.717, 1.165) is 18.9 Å². The van der Waals surface area contributed by atoms with Crippen LogP contribution in [0.2, 0.25) is 5.02 Å². The van der Waals surface area contributed by atoms with Gasteiger partial charge in [0.15, 0.2) is 0 Å². The van der Waals surface area contributed by atoms with Gasteiger partial charge in [0.1, 0.15) is 0 Å². The molecule has 19 heavy (non-hydrogen) atoms. The third-order valence-electron chi connectivity index (χ3n) is 3.61. The minimum Gasteiger partial charge on any atom is -0.383 e. The second-order valence-corrected chi connectivity index (χ2v) is 5.45. The first kappa shape index (κ1) is 14.5. The highest BCUT2D eigenvalue weighted by Crippen LogP contribution is 2.38. The average molecular weight is 292 g/mol. The van der Waals surface area contributed by atoms with E-state index in [0.29, 0.717) is 12.5 Å². The van der Waals surface area contributed by atoms with Crippen LogP contribution in [0.5, 0.6) is 0 Å². The zero-order valence-electron chi connectivity index (χ0n) is 10.6. The molecule has 0 heterocycles. The Morgan fingerprint density at radius 3 is 2.47 bits per heavy atom. The third kappa shape index (κ3) is 3.78. The van der Waals surface area contributed by atoms with E-state index in [1.165, 1.54) is 31.4 Å². The lowest BCUT2D eigenvalue weighted by atomic mass is 9.89. The van der Waals surface area contributed by atoms with Crippen molar-refractivity contribution in [3.63, 3.8) is 0 Å². The summed E-state index contributed by atoms with van der Waals surface area (Å²) in [5.41, 5.74) is -0.668. The van der Waals surface area contributed by atoms with Crippen molar-refractivity contribution in [2.45, 2.75) is 38.3 Å². The summed E-state index contributed by atoms with van der Waals surface area (Å²) in [5, 5.41) is 3.04. The molecule has 0 bridgehead atoms. The molecule has 0 atom stereocenters. The van der Waals surface area contributed by atoms with E-state index in [4.69, 9.17) is 11.6 Å². The van der Waals surface area contributed by atoms with E-state index < -0.39 is 11.7 Å². The second-order valence-electron chi connectivity index (χ2n) is 5.05. The molecule has 0 aromatic heterocycles. The molecule has 0 spiro atoms. The summed E-state index contributed by atoms with van der Waals surface area (Å²) in [7, 11) is 0. The quantitative estimate of drug-likeness (QED) is 0.791. The van der Waals surface area contributed by atoms with Crippen LogP contribution in [0.25, 0.3) is 0 Å². The second kappa shape index (κ2) is 6.04. The first-order valence-electron chi connectivity index (χ1n) is 6.58. The van der Waals surface area contributed by atoms with Crippen molar-refractivity contribution in [2.24, 2.45) is 5.92 Å². The predicted molar refractivity (Wildman–Crippen MR) is 71.5 cm³/mol. The highest BCUT2D eigenvalue weighted by atomic mass is 35.5. The molecule has 0 saturated heterocycles. The molecule has 1 nitrogen and oxygen atoms in total. The van der Waals surface area contributed by atoms with E-state index >= 15 is 0 Å². The van der Waals surface area contributed by atoms with Gasteiger partial charge in [-0.2, -0.15) is 13.2 Å². The molecule has 1 aliphatic rings. The van der Waals surface area contributed by atoms with Crippen molar-refractivity contribution in [2.75, 3.05) is 11.9 Å². The van der Waals surface area contributed by atoms with Crippen molar-refractivity contribution in [1.82, 2.24) is 0 Å². The van der Waals surface area contributed by atoms with Crippen molar-refractivity contribution < 1.29 is 13.2 Å². The van der Waals surface area contributed by atoms with Crippen LogP contribution in [0.1, 0.15) is 37.7 Å². The molecule has 1 N–H and O–H groups in total. The van der Waals surface area contributed by atoms with E-state index in [2.05, 4.69) is 5.32 Å². The van der Waals surface area contributed by atoms with Crippen LogP contribution in [0.4, 0.5) is 18.9 Å². The fraction of sp³-hybridized carbons (Fsp3) is 0.571. The van der Waals surface area contributed by atoms with Crippen LogP contribution in [0.3, 0.4) is 0 Å². The molecular weight excluding hydrogens is 275 g/mol. The minimum atomic E-state index is -4.38. The largest absolute Gasteiger partial charge is 0.418 e. The predicted octanol–water partition coefficient (Wildman–Crippen LogP) is 5.35. The van der Waals surface area contributed by atoms with Crippen LogP contribution >= 0.6 is 11.6 Å². The Balaban J connectivity index is 2.10. The average Bonchev–Trinajstić information content (AvgIpc) is 2.37. The van der Waals surface area contributed by atoms with Gasteiger partial charge >= 0.3 is 6.18 Å². The number of anilines is 1. The Hall–Kier alpha value is -0.900. The molecule has 1 fully saturated rings. The van der Waals surface area contributed by atoms with Gasteiger partial charge in [0.2, 0.25) is 0 Å². The molecular formula is C14H17ClF3N. The summed E-state index contributed by atoms with van der Waals surface area (Å²) in [5.74, 6) is 0.450. The van der Waals surface area contributed by atoms with Crippen LogP contribution in [0.15, 0.2) is 18.2 Å². The Labute approximate surface area is 116 Å². The van der Waals surface area contributed by atoms with Gasteiger partial charge in [-0.25, -0.2) is 0 Å². The van der Waals surface area contributed by atoms with Crippen molar-refractivity contribution >= 4 is 17.3 Å². The maximum Gasteiger partial charge on any atom is 0.418 e. The number of halogens is 4. The van der Waals surface area contributed by atoms with Crippen LogP contribution in [-0.2, 0) is 6.18 Å². The zero-order valence-corrected chi connectivity index (χ0v) is 11.3. The molecule has 0 unspecified atom stereocenters. The highest BCUT2D eigenvalue weighted by Gasteiger charge is 2.34. The number of alkyl halides is 3. The van der Waals surface area contributed by atoms with Crippen LogP contribution in [-0.4, -0.2) is 6.54 Å². The number of hydrogen-bond donors (Lipinski definition) is 1. The Bertz CT molecular complexity index is 425. The van der Waals surface area contributed by atoms with Gasteiger partial charge in [-0.15, -0.1) is 0 Å². The lowest BCUT2D eigenvalue weighted by Gasteiger charge is -2.24. The first-order chi connectivity index (χ1) is 8.98. The SMILES string of the molecule is FC(F)(F)c1cccc(Cl)c1NCC1CCCCC1. The first-order valence-corrected chi connectivity index (χ1v) is 6.96. The van der Waals surface area contributed by atoms with Gasteiger partial charge in [-0.05, 0) is 30.9 Å². The van der Waals surface area contributed by atoms with Crippen LogP contribution in [0, 0.1) is 5.92 Å².